The predicted molar refractivity (Wildman–Crippen MR) is 143 cm³/mol. The second kappa shape index (κ2) is 8.08. The largest absolute Gasteiger partial charge is 0.967 e. The fraction of sp³-hybridized carbons (Fsp3) is 0. The average Bonchev–Trinajstić information content (AvgIpc) is 3.24. The van der Waals surface area contributed by atoms with Crippen LogP contribution in [-0.2, 0) is 0 Å². The summed E-state index contributed by atoms with van der Waals surface area (Å²) in [6, 6.07) is 33.5. The van der Waals surface area contributed by atoms with E-state index in [4.69, 9.17) is 17.7 Å². The SMILES string of the molecule is Oc1cc2ccccc2cc1O[Si]1(Oc2cc3ccccc3cc2O)Oc2cc3ccccc3cc2O1. The first-order valence-corrected chi connectivity index (χ1v) is 13.4. The molecule has 6 aromatic rings. The van der Waals surface area contributed by atoms with Crippen molar-refractivity contribution in [2.75, 3.05) is 0 Å². The molecule has 0 saturated heterocycles. The fourth-order valence-corrected chi connectivity index (χ4v) is 6.57. The van der Waals surface area contributed by atoms with Crippen LogP contribution in [0.3, 0.4) is 0 Å². The number of hydrogen-bond acceptors (Lipinski definition) is 6. The summed E-state index contributed by atoms with van der Waals surface area (Å²) >= 11 is 0. The van der Waals surface area contributed by atoms with Gasteiger partial charge in [-0.25, -0.2) is 0 Å². The zero-order chi connectivity index (χ0) is 25.0. The summed E-state index contributed by atoms with van der Waals surface area (Å²) < 4.78 is 25.2. The molecule has 0 amide bonds. The molecule has 0 radical (unpaired) electrons. The molecule has 0 spiro atoms. The van der Waals surface area contributed by atoms with Crippen LogP contribution >= 0.6 is 0 Å². The molecule has 1 aliphatic heterocycles. The van der Waals surface area contributed by atoms with E-state index in [0.29, 0.717) is 11.5 Å². The molecule has 0 aliphatic carbocycles. The smallest absolute Gasteiger partial charge is 0.504 e. The molecule has 37 heavy (non-hydrogen) atoms. The van der Waals surface area contributed by atoms with Crippen LogP contribution < -0.4 is 17.7 Å². The van der Waals surface area contributed by atoms with Crippen LogP contribution in [0.25, 0.3) is 32.3 Å². The molecule has 0 fully saturated rings. The Labute approximate surface area is 213 Å². The summed E-state index contributed by atoms with van der Waals surface area (Å²) in [6.45, 7) is 0. The number of phenols is 2. The third-order valence-corrected chi connectivity index (χ3v) is 8.29. The van der Waals surface area contributed by atoms with Crippen molar-refractivity contribution in [3.8, 4) is 34.5 Å². The summed E-state index contributed by atoms with van der Waals surface area (Å²) in [4.78, 5) is 0. The van der Waals surface area contributed by atoms with Gasteiger partial charge in [-0.05, 0) is 68.7 Å². The van der Waals surface area contributed by atoms with Gasteiger partial charge in [-0.2, -0.15) is 0 Å². The first-order chi connectivity index (χ1) is 18.1. The van der Waals surface area contributed by atoms with Crippen LogP contribution in [0.5, 0.6) is 34.5 Å². The van der Waals surface area contributed by atoms with E-state index in [1.165, 1.54) is 0 Å². The van der Waals surface area contributed by atoms with Crippen molar-refractivity contribution in [1.29, 1.82) is 0 Å². The van der Waals surface area contributed by atoms with Crippen LogP contribution in [0, 0.1) is 0 Å². The Kier molecular flexibility index (Phi) is 4.67. The van der Waals surface area contributed by atoms with Gasteiger partial charge in [-0.3, -0.25) is 0 Å². The Bertz CT molecular complexity index is 1700. The van der Waals surface area contributed by atoms with Crippen molar-refractivity contribution >= 4 is 41.4 Å². The molecule has 0 atom stereocenters. The Morgan fingerprint density at radius 1 is 0.459 bits per heavy atom. The lowest BCUT2D eigenvalue weighted by atomic mass is 10.1. The van der Waals surface area contributed by atoms with Crippen molar-refractivity contribution < 1.29 is 27.9 Å². The number of rotatable bonds is 4. The van der Waals surface area contributed by atoms with Crippen molar-refractivity contribution in [2.45, 2.75) is 0 Å². The normalized spacial score (nSPS) is 13.7. The van der Waals surface area contributed by atoms with E-state index in [1.807, 2.05) is 84.9 Å². The lowest BCUT2D eigenvalue weighted by Gasteiger charge is -2.23. The van der Waals surface area contributed by atoms with E-state index >= 15 is 0 Å². The topological polar surface area (TPSA) is 77.4 Å². The molecule has 7 rings (SSSR count). The molecule has 180 valence electrons. The number of benzene rings is 6. The average molecular weight is 505 g/mol. The summed E-state index contributed by atoms with van der Waals surface area (Å²) in [5, 5.41) is 27.0. The third kappa shape index (κ3) is 3.73. The van der Waals surface area contributed by atoms with Gasteiger partial charge in [0.25, 0.3) is 0 Å². The molecule has 0 bridgehead atoms. The second-order valence-electron chi connectivity index (χ2n) is 8.89. The highest BCUT2D eigenvalue weighted by Gasteiger charge is 2.63. The molecule has 0 unspecified atom stereocenters. The molecule has 6 aromatic carbocycles. The van der Waals surface area contributed by atoms with E-state index in [1.54, 1.807) is 24.3 Å². The van der Waals surface area contributed by atoms with E-state index in [9.17, 15) is 10.2 Å². The molecular formula is C30H20O6Si. The molecule has 2 N–H and O–H groups in total. The highest BCUT2D eigenvalue weighted by Crippen LogP contribution is 2.44. The highest BCUT2D eigenvalue weighted by atomic mass is 28.4. The minimum absolute atomic E-state index is 0.0785. The maximum absolute atomic E-state index is 10.8. The van der Waals surface area contributed by atoms with Crippen LogP contribution in [0.4, 0.5) is 0 Å². The van der Waals surface area contributed by atoms with E-state index in [0.717, 1.165) is 32.3 Å². The number of hydrogen-bond donors (Lipinski definition) is 2. The van der Waals surface area contributed by atoms with Crippen molar-refractivity contribution in [3.05, 3.63) is 109 Å². The van der Waals surface area contributed by atoms with Gasteiger partial charge in [0.2, 0.25) is 0 Å². The standard InChI is InChI=1S/C30H20O6Si/c31-25-13-19-7-1-3-9-21(19)15-27(25)33-37(34-28-16-22-10-4-2-8-20(22)14-26(28)32)35-29-17-23-11-5-6-12-24(23)18-30(29)36-37/h1-18,31-32H. The van der Waals surface area contributed by atoms with Gasteiger partial charge in [-0.1, -0.05) is 72.8 Å². The van der Waals surface area contributed by atoms with E-state index < -0.39 is 9.05 Å². The van der Waals surface area contributed by atoms with E-state index in [-0.39, 0.29) is 23.0 Å². The quantitative estimate of drug-likeness (QED) is 0.254. The molecule has 0 saturated carbocycles. The lowest BCUT2D eigenvalue weighted by molar-refractivity contribution is 0.184. The number of fused-ring (bicyclic) bond motifs is 4. The maximum atomic E-state index is 10.8. The second-order valence-corrected chi connectivity index (χ2v) is 10.7. The molecule has 1 aliphatic rings. The van der Waals surface area contributed by atoms with Gasteiger partial charge in [0.1, 0.15) is 0 Å². The minimum atomic E-state index is -4.08. The summed E-state index contributed by atoms with van der Waals surface area (Å²) in [6.07, 6.45) is 0. The zero-order valence-corrected chi connectivity index (χ0v) is 20.4. The monoisotopic (exact) mass is 504 g/mol. The van der Waals surface area contributed by atoms with Crippen LogP contribution in [0.1, 0.15) is 0 Å². The highest BCUT2D eigenvalue weighted by molar-refractivity contribution is 6.58. The van der Waals surface area contributed by atoms with Crippen LogP contribution in [0.2, 0.25) is 0 Å². The minimum Gasteiger partial charge on any atom is -0.504 e. The van der Waals surface area contributed by atoms with Gasteiger partial charge in [0.05, 0.1) is 0 Å². The summed E-state index contributed by atoms with van der Waals surface area (Å²) in [5.74, 6) is 1.08. The first-order valence-electron chi connectivity index (χ1n) is 11.8. The molecule has 6 nitrogen and oxygen atoms in total. The molecule has 7 heteroatoms. The van der Waals surface area contributed by atoms with Crippen molar-refractivity contribution in [1.82, 2.24) is 0 Å². The van der Waals surface area contributed by atoms with Gasteiger partial charge in [0, 0.05) is 0 Å². The number of phenolic OH excluding ortho intramolecular Hbond substituents is 2. The van der Waals surface area contributed by atoms with Gasteiger partial charge >= 0.3 is 9.05 Å². The predicted octanol–water partition coefficient (Wildman–Crippen LogP) is 6.92. The molecular weight excluding hydrogens is 484 g/mol. The zero-order valence-electron chi connectivity index (χ0n) is 19.4. The summed E-state index contributed by atoms with van der Waals surface area (Å²) in [5.41, 5.74) is 0. The van der Waals surface area contributed by atoms with Gasteiger partial charge in [0.15, 0.2) is 34.5 Å². The Hall–Kier alpha value is -4.88. The Morgan fingerprint density at radius 3 is 1.16 bits per heavy atom. The fourth-order valence-electron chi connectivity index (χ4n) is 4.60. The lowest BCUT2D eigenvalue weighted by Crippen LogP contribution is -2.57. The maximum Gasteiger partial charge on any atom is 0.967 e. The number of aromatic hydroxyl groups is 2. The molecule has 0 aromatic heterocycles. The van der Waals surface area contributed by atoms with Crippen molar-refractivity contribution in [2.24, 2.45) is 0 Å². The summed E-state index contributed by atoms with van der Waals surface area (Å²) in [7, 11) is -4.08. The Balaban J connectivity index is 1.35. The molecule has 1 heterocycles. The third-order valence-electron chi connectivity index (χ3n) is 6.41. The van der Waals surface area contributed by atoms with Crippen LogP contribution in [0.15, 0.2) is 109 Å². The Morgan fingerprint density at radius 2 is 0.784 bits per heavy atom. The van der Waals surface area contributed by atoms with E-state index in [2.05, 4.69) is 0 Å². The van der Waals surface area contributed by atoms with Crippen LogP contribution in [-0.4, -0.2) is 19.3 Å². The first kappa shape index (κ1) is 21.4. The van der Waals surface area contributed by atoms with Crippen molar-refractivity contribution in [3.63, 3.8) is 0 Å². The van der Waals surface area contributed by atoms with Gasteiger partial charge in [-0.15, -0.1) is 0 Å². The van der Waals surface area contributed by atoms with Gasteiger partial charge < -0.3 is 27.9 Å².